The highest BCUT2D eigenvalue weighted by molar-refractivity contribution is 8.00. The highest BCUT2D eigenvalue weighted by Crippen LogP contribution is 2.40. The van der Waals surface area contributed by atoms with Crippen molar-refractivity contribution in [3.05, 3.63) is 35.7 Å². The Morgan fingerprint density at radius 1 is 1.26 bits per heavy atom. The van der Waals surface area contributed by atoms with Crippen LogP contribution in [-0.2, 0) is 4.74 Å². The average molecular weight is 385 g/mol. The molecule has 0 atom stereocenters. The van der Waals surface area contributed by atoms with E-state index in [0.29, 0.717) is 5.25 Å². The van der Waals surface area contributed by atoms with Crippen LogP contribution in [0.25, 0.3) is 10.9 Å². The van der Waals surface area contributed by atoms with Crippen molar-refractivity contribution in [2.24, 2.45) is 0 Å². The largest absolute Gasteiger partial charge is 0.496 e. The quantitative estimate of drug-likeness (QED) is 0.670. The van der Waals surface area contributed by atoms with E-state index in [1.165, 1.54) is 0 Å². The van der Waals surface area contributed by atoms with Gasteiger partial charge in [0.2, 0.25) is 0 Å². The number of hydrogen-bond acceptors (Lipinski definition) is 6. The second-order valence-electron chi connectivity index (χ2n) is 6.76. The number of hydrogen-bond donors (Lipinski definition) is 2. The predicted molar refractivity (Wildman–Crippen MR) is 109 cm³/mol. The van der Waals surface area contributed by atoms with E-state index in [9.17, 15) is 0 Å². The number of fused-ring (bicyclic) bond motifs is 1. The van der Waals surface area contributed by atoms with Crippen LogP contribution in [0.4, 0.5) is 11.5 Å². The molecule has 2 aromatic heterocycles. The molecule has 7 heteroatoms. The van der Waals surface area contributed by atoms with Gasteiger partial charge in [0, 0.05) is 47.4 Å². The molecular formula is C20H24N4O2S. The van der Waals surface area contributed by atoms with Crippen LogP contribution in [0.15, 0.2) is 29.3 Å². The minimum absolute atomic E-state index is 0.550. The van der Waals surface area contributed by atoms with E-state index in [1.807, 2.05) is 37.0 Å². The molecule has 1 aromatic carbocycles. The highest BCUT2D eigenvalue weighted by Gasteiger charge is 2.19. The third kappa shape index (κ3) is 3.75. The van der Waals surface area contributed by atoms with Crippen LogP contribution in [0, 0.1) is 13.8 Å². The summed E-state index contributed by atoms with van der Waals surface area (Å²) in [4.78, 5) is 5.67. The standard InChI is InChI=1S/C20H24N4O2S/c1-12-13(2)23-24-20(12)22-16-4-7-21-17-11-18(25-3)19(10-15(16)17)27-14-5-8-26-9-6-14/h4,7,10-11,14H,5-6,8-9H2,1-3H3,(H2,21,22,23,24). The molecule has 1 aliphatic rings. The minimum Gasteiger partial charge on any atom is -0.496 e. The Morgan fingerprint density at radius 3 is 2.78 bits per heavy atom. The number of nitrogens with one attached hydrogen (secondary N) is 2. The molecule has 0 radical (unpaired) electrons. The number of anilines is 2. The molecule has 0 aliphatic carbocycles. The van der Waals surface area contributed by atoms with Gasteiger partial charge in [-0.25, -0.2) is 0 Å². The number of pyridine rings is 1. The van der Waals surface area contributed by atoms with Crippen molar-refractivity contribution in [2.45, 2.75) is 36.8 Å². The third-order valence-corrected chi connectivity index (χ3v) is 6.37. The Kier molecular flexibility index (Phi) is 5.22. The normalized spacial score (nSPS) is 15.2. The lowest BCUT2D eigenvalue weighted by Gasteiger charge is -2.22. The summed E-state index contributed by atoms with van der Waals surface area (Å²) < 4.78 is 11.1. The second kappa shape index (κ2) is 7.78. The highest BCUT2D eigenvalue weighted by atomic mass is 32.2. The van der Waals surface area contributed by atoms with Gasteiger partial charge in [0.05, 0.1) is 23.2 Å². The first-order chi connectivity index (χ1) is 13.2. The van der Waals surface area contributed by atoms with E-state index in [0.717, 1.165) is 70.4 Å². The summed E-state index contributed by atoms with van der Waals surface area (Å²) in [6.07, 6.45) is 3.94. The van der Waals surface area contributed by atoms with Gasteiger partial charge in [0.1, 0.15) is 5.75 Å². The number of aromatic nitrogens is 3. The van der Waals surface area contributed by atoms with Gasteiger partial charge in [-0.2, -0.15) is 5.10 Å². The second-order valence-corrected chi connectivity index (χ2v) is 8.10. The fourth-order valence-corrected chi connectivity index (χ4v) is 4.45. The molecule has 2 N–H and O–H groups in total. The van der Waals surface area contributed by atoms with Gasteiger partial charge in [-0.3, -0.25) is 10.1 Å². The monoisotopic (exact) mass is 384 g/mol. The molecule has 27 heavy (non-hydrogen) atoms. The summed E-state index contributed by atoms with van der Waals surface area (Å²) in [7, 11) is 1.72. The number of H-pyrrole nitrogens is 1. The topological polar surface area (TPSA) is 72.1 Å². The lowest BCUT2D eigenvalue weighted by molar-refractivity contribution is 0.1000. The van der Waals surface area contributed by atoms with E-state index in [-0.39, 0.29) is 0 Å². The van der Waals surface area contributed by atoms with Crippen molar-refractivity contribution >= 4 is 34.2 Å². The molecule has 4 rings (SSSR count). The molecule has 3 heterocycles. The number of ether oxygens (including phenoxy) is 2. The van der Waals surface area contributed by atoms with Gasteiger partial charge in [-0.1, -0.05) is 0 Å². The smallest absolute Gasteiger partial charge is 0.155 e. The fourth-order valence-electron chi connectivity index (χ4n) is 3.22. The van der Waals surface area contributed by atoms with Crippen LogP contribution in [0.3, 0.4) is 0 Å². The van der Waals surface area contributed by atoms with Crippen molar-refractivity contribution < 1.29 is 9.47 Å². The number of methoxy groups -OCH3 is 1. The van der Waals surface area contributed by atoms with Crippen molar-refractivity contribution in [1.29, 1.82) is 0 Å². The van der Waals surface area contributed by atoms with Crippen molar-refractivity contribution in [3.63, 3.8) is 0 Å². The average Bonchev–Trinajstić information content (AvgIpc) is 3.01. The Balaban J connectivity index is 1.72. The predicted octanol–water partition coefficient (Wildman–Crippen LogP) is 4.60. The van der Waals surface area contributed by atoms with E-state index in [1.54, 1.807) is 7.11 Å². The zero-order chi connectivity index (χ0) is 18.8. The number of rotatable bonds is 5. The van der Waals surface area contributed by atoms with E-state index in [2.05, 4.69) is 33.5 Å². The van der Waals surface area contributed by atoms with Gasteiger partial charge < -0.3 is 14.8 Å². The summed E-state index contributed by atoms with van der Waals surface area (Å²) in [5.74, 6) is 1.71. The van der Waals surface area contributed by atoms with E-state index < -0.39 is 0 Å². The molecule has 0 bridgehead atoms. The molecule has 0 saturated carbocycles. The molecule has 0 unspecified atom stereocenters. The fraction of sp³-hybridized carbons (Fsp3) is 0.400. The molecule has 142 valence electrons. The number of nitrogens with zero attached hydrogens (tertiary/aromatic N) is 2. The van der Waals surface area contributed by atoms with Crippen LogP contribution in [0.1, 0.15) is 24.1 Å². The van der Waals surface area contributed by atoms with Gasteiger partial charge >= 0.3 is 0 Å². The molecule has 3 aromatic rings. The maximum absolute atomic E-state index is 5.65. The van der Waals surface area contributed by atoms with Crippen LogP contribution >= 0.6 is 11.8 Å². The zero-order valence-electron chi connectivity index (χ0n) is 15.8. The molecule has 0 amide bonds. The van der Waals surface area contributed by atoms with Crippen LogP contribution in [0.2, 0.25) is 0 Å². The zero-order valence-corrected chi connectivity index (χ0v) is 16.7. The van der Waals surface area contributed by atoms with Crippen molar-refractivity contribution in [1.82, 2.24) is 15.2 Å². The molecule has 0 spiro atoms. The molecule has 1 saturated heterocycles. The summed E-state index contributed by atoms with van der Waals surface area (Å²) in [6, 6.07) is 6.18. The molecule has 1 fully saturated rings. The number of thioether (sulfide) groups is 1. The maximum Gasteiger partial charge on any atom is 0.155 e. The first-order valence-electron chi connectivity index (χ1n) is 9.15. The lowest BCUT2D eigenvalue weighted by atomic mass is 10.1. The maximum atomic E-state index is 5.65. The lowest BCUT2D eigenvalue weighted by Crippen LogP contribution is -2.17. The molecule has 6 nitrogen and oxygen atoms in total. The SMILES string of the molecule is COc1cc2nccc(Nc3n[nH]c(C)c3C)c2cc1SC1CCOCC1. The summed E-state index contributed by atoms with van der Waals surface area (Å²) in [6.45, 7) is 5.74. The summed E-state index contributed by atoms with van der Waals surface area (Å²) >= 11 is 1.87. The number of aromatic amines is 1. The van der Waals surface area contributed by atoms with Crippen LogP contribution in [-0.4, -0.2) is 40.8 Å². The summed E-state index contributed by atoms with van der Waals surface area (Å²) in [5.41, 5.74) is 4.07. The first kappa shape index (κ1) is 18.1. The Labute approximate surface area is 163 Å². The van der Waals surface area contributed by atoms with Crippen molar-refractivity contribution in [2.75, 3.05) is 25.6 Å². The molecular weight excluding hydrogens is 360 g/mol. The van der Waals surface area contributed by atoms with Crippen molar-refractivity contribution in [3.8, 4) is 5.75 Å². The van der Waals surface area contributed by atoms with E-state index >= 15 is 0 Å². The van der Waals surface area contributed by atoms with E-state index in [4.69, 9.17) is 9.47 Å². The first-order valence-corrected chi connectivity index (χ1v) is 10.0. The number of aryl methyl sites for hydroxylation is 1. The Bertz CT molecular complexity index is 951. The molecule has 1 aliphatic heterocycles. The number of benzene rings is 1. The third-order valence-electron chi connectivity index (χ3n) is 5.00. The minimum atomic E-state index is 0.550. The summed E-state index contributed by atoms with van der Waals surface area (Å²) in [5, 5.41) is 12.5. The van der Waals surface area contributed by atoms with Crippen LogP contribution in [0.5, 0.6) is 5.75 Å². The van der Waals surface area contributed by atoms with Gasteiger partial charge in [-0.05, 0) is 38.8 Å². The van der Waals surface area contributed by atoms with Crippen LogP contribution < -0.4 is 10.1 Å². The van der Waals surface area contributed by atoms with Gasteiger partial charge in [0.25, 0.3) is 0 Å². The Morgan fingerprint density at radius 2 is 2.07 bits per heavy atom. The van der Waals surface area contributed by atoms with Gasteiger partial charge in [-0.15, -0.1) is 11.8 Å². The van der Waals surface area contributed by atoms with Gasteiger partial charge in [0.15, 0.2) is 5.82 Å². The Hall–Kier alpha value is -2.25.